The summed E-state index contributed by atoms with van der Waals surface area (Å²) in [5.41, 5.74) is 1.65. The molecule has 23 heavy (non-hydrogen) atoms. The highest BCUT2D eigenvalue weighted by Crippen LogP contribution is 2.17. The van der Waals surface area contributed by atoms with E-state index in [1.54, 1.807) is 30.3 Å². The number of nitrogens with one attached hydrogen (secondary N) is 1. The fourth-order valence-corrected chi connectivity index (χ4v) is 2.34. The third-order valence-corrected chi connectivity index (χ3v) is 3.58. The van der Waals surface area contributed by atoms with Crippen LogP contribution in [0.3, 0.4) is 0 Å². The molecule has 0 radical (unpaired) electrons. The molecule has 0 heterocycles. The van der Waals surface area contributed by atoms with Crippen molar-refractivity contribution in [2.45, 2.75) is 0 Å². The minimum Gasteiger partial charge on any atom is -0.465 e. The monoisotopic (exact) mass is 305 g/mol. The van der Waals surface area contributed by atoms with Crippen molar-refractivity contribution in [3.8, 4) is 0 Å². The number of rotatable bonds is 3. The normalized spacial score (nSPS) is 10.3. The standard InChI is InChI=1S/C19H15NO3/c1-23-19(22)14-8-10-17(11-9-14)20-18(21)16-7-6-13-4-2-3-5-15(13)12-16/h2-12H,1H3,(H,20,21). The third-order valence-electron chi connectivity index (χ3n) is 3.58. The van der Waals surface area contributed by atoms with Crippen molar-refractivity contribution in [3.05, 3.63) is 77.9 Å². The van der Waals surface area contributed by atoms with Gasteiger partial charge in [0.25, 0.3) is 5.91 Å². The van der Waals surface area contributed by atoms with Crippen LogP contribution in [0, 0.1) is 0 Å². The van der Waals surface area contributed by atoms with E-state index in [1.807, 2.05) is 36.4 Å². The van der Waals surface area contributed by atoms with Crippen LogP contribution in [-0.2, 0) is 4.74 Å². The largest absolute Gasteiger partial charge is 0.465 e. The number of hydrogen-bond donors (Lipinski definition) is 1. The van der Waals surface area contributed by atoms with Gasteiger partial charge < -0.3 is 10.1 Å². The number of benzene rings is 3. The molecular formula is C19H15NO3. The predicted octanol–water partition coefficient (Wildman–Crippen LogP) is 3.88. The summed E-state index contributed by atoms with van der Waals surface area (Å²) in [4.78, 5) is 23.7. The molecule has 4 nitrogen and oxygen atoms in total. The molecule has 3 aromatic carbocycles. The first-order valence-corrected chi connectivity index (χ1v) is 7.16. The van der Waals surface area contributed by atoms with Crippen LogP contribution in [0.1, 0.15) is 20.7 Å². The zero-order valence-electron chi connectivity index (χ0n) is 12.6. The lowest BCUT2D eigenvalue weighted by Gasteiger charge is -2.07. The first kappa shape index (κ1) is 14.8. The zero-order chi connectivity index (χ0) is 16.2. The van der Waals surface area contributed by atoms with E-state index < -0.39 is 5.97 Å². The highest BCUT2D eigenvalue weighted by atomic mass is 16.5. The summed E-state index contributed by atoms with van der Waals surface area (Å²) in [6, 6.07) is 20.0. The molecule has 0 aliphatic rings. The summed E-state index contributed by atoms with van der Waals surface area (Å²) >= 11 is 0. The molecule has 4 heteroatoms. The van der Waals surface area contributed by atoms with Crippen LogP contribution < -0.4 is 5.32 Å². The number of hydrogen-bond acceptors (Lipinski definition) is 3. The Balaban J connectivity index is 1.78. The molecule has 0 fully saturated rings. The molecule has 0 aliphatic heterocycles. The lowest BCUT2D eigenvalue weighted by Crippen LogP contribution is -2.12. The van der Waals surface area contributed by atoms with Gasteiger partial charge >= 0.3 is 5.97 Å². The van der Waals surface area contributed by atoms with Crippen molar-refractivity contribution in [2.24, 2.45) is 0 Å². The smallest absolute Gasteiger partial charge is 0.337 e. The van der Waals surface area contributed by atoms with Gasteiger partial charge in [-0.15, -0.1) is 0 Å². The highest BCUT2D eigenvalue weighted by molar-refractivity contribution is 6.06. The van der Waals surface area contributed by atoms with Crippen LogP contribution in [0.2, 0.25) is 0 Å². The maximum absolute atomic E-state index is 12.3. The number of methoxy groups -OCH3 is 1. The maximum Gasteiger partial charge on any atom is 0.337 e. The number of amides is 1. The van der Waals surface area contributed by atoms with Crippen LogP contribution >= 0.6 is 0 Å². The number of anilines is 1. The summed E-state index contributed by atoms with van der Waals surface area (Å²) in [6.45, 7) is 0. The summed E-state index contributed by atoms with van der Waals surface area (Å²) < 4.78 is 4.64. The Labute approximate surface area is 133 Å². The average molecular weight is 305 g/mol. The van der Waals surface area contributed by atoms with Gasteiger partial charge in [0, 0.05) is 11.3 Å². The topological polar surface area (TPSA) is 55.4 Å². The van der Waals surface area contributed by atoms with Crippen LogP contribution in [0.15, 0.2) is 66.7 Å². The van der Waals surface area contributed by atoms with Gasteiger partial charge in [-0.3, -0.25) is 4.79 Å². The van der Waals surface area contributed by atoms with Crippen LogP contribution in [0.4, 0.5) is 5.69 Å². The first-order chi connectivity index (χ1) is 11.2. The van der Waals surface area contributed by atoms with Crippen molar-refractivity contribution in [1.29, 1.82) is 0 Å². The van der Waals surface area contributed by atoms with Gasteiger partial charge in [0.15, 0.2) is 0 Å². The highest BCUT2D eigenvalue weighted by Gasteiger charge is 2.08. The van der Waals surface area contributed by atoms with Gasteiger partial charge in [0.1, 0.15) is 0 Å². The van der Waals surface area contributed by atoms with Crippen molar-refractivity contribution < 1.29 is 14.3 Å². The lowest BCUT2D eigenvalue weighted by molar-refractivity contribution is 0.0600. The van der Waals surface area contributed by atoms with E-state index in [0.717, 1.165) is 10.8 Å². The molecule has 3 rings (SSSR count). The average Bonchev–Trinajstić information content (AvgIpc) is 2.61. The van der Waals surface area contributed by atoms with E-state index in [9.17, 15) is 9.59 Å². The molecule has 1 amide bonds. The number of ether oxygens (including phenoxy) is 1. The van der Waals surface area contributed by atoms with Crippen LogP contribution in [-0.4, -0.2) is 19.0 Å². The second-order valence-electron chi connectivity index (χ2n) is 5.08. The van der Waals surface area contributed by atoms with Gasteiger partial charge in [-0.1, -0.05) is 30.3 Å². The number of fused-ring (bicyclic) bond motifs is 1. The molecule has 0 saturated carbocycles. The second kappa shape index (κ2) is 6.32. The van der Waals surface area contributed by atoms with E-state index in [1.165, 1.54) is 7.11 Å². The maximum atomic E-state index is 12.3. The van der Waals surface area contributed by atoms with Crippen LogP contribution in [0.5, 0.6) is 0 Å². The minimum atomic E-state index is -0.405. The molecule has 0 bridgehead atoms. The fourth-order valence-electron chi connectivity index (χ4n) is 2.34. The van der Waals surface area contributed by atoms with Crippen molar-refractivity contribution >= 4 is 28.3 Å². The van der Waals surface area contributed by atoms with E-state index in [-0.39, 0.29) is 5.91 Å². The summed E-state index contributed by atoms with van der Waals surface area (Å²) in [6.07, 6.45) is 0. The van der Waals surface area contributed by atoms with Crippen molar-refractivity contribution in [1.82, 2.24) is 0 Å². The molecule has 0 saturated heterocycles. The second-order valence-corrected chi connectivity index (χ2v) is 5.08. The van der Waals surface area contributed by atoms with Gasteiger partial charge in [0.2, 0.25) is 0 Å². The molecule has 0 unspecified atom stereocenters. The molecule has 0 atom stereocenters. The Morgan fingerprint density at radius 2 is 1.48 bits per heavy atom. The number of carbonyl (C=O) groups is 2. The van der Waals surface area contributed by atoms with E-state index in [0.29, 0.717) is 16.8 Å². The van der Waals surface area contributed by atoms with E-state index >= 15 is 0 Å². The molecule has 1 N–H and O–H groups in total. The SMILES string of the molecule is COC(=O)c1ccc(NC(=O)c2ccc3ccccc3c2)cc1. The van der Waals surface area contributed by atoms with E-state index in [4.69, 9.17) is 0 Å². The molecule has 114 valence electrons. The Bertz CT molecular complexity index is 869. The van der Waals surface area contributed by atoms with Gasteiger partial charge in [-0.2, -0.15) is 0 Å². The summed E-state index contributed by atoms with van der Waals surface area (Å²) in [7, 11) is 1.33. The zero-order valence-corrected chi connectivity index (χ0v) is 12.6. The lowest BCUT2D eigenvalue weighted by atomic mass is 10.1. The van der Waals surface area contributed by atoms with E-state index in [2.05, 4.69) is 10.1 Å². The predicted molar refractivity (Wildman–Crippen MR) is 89.7 cm³/mol. The van der Waals surface area contributed by atoms with Gasteiger partial charge in [0.05, 0.1) is 12.7 Å². The van der Waals surface area contributed by atoms with Crippen molar-refractivity contribution in [3.63, 3.8) is 0 Å². The van der Waals surface area contributed by atoms with Gasteiger partial charge in [-0.25, -0.2) is 4.79 Å². The quantitative estimate of drug-likeness (QED) is 0.747. The molecular weight excluding hydrogens is 290 g/mol. The molecule has 0 aromatic heterocycles. The molecule has 3 aromatic rings. The number of carbonyl (C=O) groups excluding carboxylic acids is 2. The third kappa shape index (κ3) is 3.21. The minimum absolute atomic E-state index is 0.193. The Hall–Kier alpha value is -3.14. The molecule has 0 spiro atoms. The Morgan fingerprint density at radius 1 is 0.826 bits per heavy atom. The van der Waals surface area contributed by atoms with Gasteiger partial charge in [-0.05, 0) is 47.2 Å². The summed E-state index contributed by atoms with van der Waals surface area (Å²) in [5.74, 6) is -0.598. The van der Waals surface area contributed by atoms with Crippen LogP contribution in [0.25, 0.3) is 10.8 Å². The Kier molecular flexibility index (Phi) is 4.06. The fraction of sp³-hybridized carbons (Fsp3) is 0.0526. The Morgan fingerprint density at radius 3 is 2.17 bits per heavy atom. The number of esters is 1. The molecule has 0 aliphatic carbocycles. The first-order valence-electron chi connectivity index (χ1n) is 7.16. The summed E-state index contributed by atoms with van der Waals surface area (Å²) in [5, 5.41) is 4.92. The van der Waals surface area contributed by atoms with Crippen molar-refractivity contribution in [2.75, 3.05) is 12.4 Å².